The van der Waals surface area contributed by atoms with Crippen LogP contribution in [-0.4, -0.2) is 28.4 Å². The maximum absolute atomic E-state index is 13.2. The zero-order chi connectivity index (χ0) is 27.4. The van der Waals surface area contributed by atoms with Gasteiger partial charge in [0.1, 0.15) is 0 Å². The van der Waals surface area contributed by atoms with Gasteiger partial charge in [-0.3, -0.25) is 9.59 Å². The Bertz CT molecular complexity index is 1250. The topological polar surface area (TPSA) is 94.3 Å². The molecule has 0 saturated heterocycles. The Hall–Kier alpha value is -3.59. The summed E-state index contributed by atoms with van der Waals surface area (Å²) in [6.07, 6.45) is -3.36. The van der Waals surface area contributed by atoms with Crippen LogP contribution >= 0.6 is 11.6 Å². The number of primary amides is 1. The SMILES string of the molecule is C[C@H](NC(=O)C(C)(C)Oc1ccc(C(F)(F)F)cn1)[C@@H](Cc1ccc(Cl)cc1)c1cccc(C(N)=O)c1. The summed E-state index contributed by atoms with van der Waals surface area (Å²) in [5.74, 6) is -1.44. The number of nitrogens with one attached hydrogen (secondary N) is 1. The van der Waals surface area contributed by atoms with E-state index in [-0.39, 0.29) is 11.8 Å². The van der Waals surface area contributed by atoms with Gasteiger partial charge in [0.15, 0.2) is 5.60 Å². The van der Waals surface area contributed by atoms with E-state index in [1.807, 2.05) is 25.1 Å². The van der Waals surface area contributed by atoms with Gasteiger partial charge < -0.3 is 15.8 Å². The van der Waals surface area contributed by atoms with Crippen molar-refractivity contribution in [2.45, 2.75) is 50.9 Å². The summed E-state index contributed by atoms with van der Waals surface area (Å²) in [6.45, 7) is 4.81. The van der Waals surface area contributed by atoms with Crippen molar-refractivity contribution in [2.75, 3.05) is 0 Å². The first-order valence-corrected chi connectivity index (χ1v) is 11.8. The Labute approximate surface area is 218 Å². The highest BCUT2D eigenvalue weighted by Crippen LogP contribution is 2.30. The van der Waals surface area contributed by atoms with Crippen molar-refractivity contribution in [1.29, 1.82) is 0 Å². The standard InChI is InChI=1S/C27H27ClF3N3O3/c1-16(34-25(36)26(2,3)37-23-12-9-20(15-33-23)27(29,30)31)22(13-17-7-10-21(28)11-8-17)18-5-4-6-19(14-18)24(32)35/h4-12,14-16,22H,13H2,1-3H3,(H2,32,35)(H,34,36)/t16-,22+/m0/s1. The minimum atomic E-state index is -4.53. The van der Waals surface area contributed by atoms with Crippen LogP contribution in [0.3, 0.4) is 0 Å². The van der Waals surface area contributed by atoms with E-state index >= 15 is 0 Å². The molecule has 37 heavy (non-hydrogen) atoms. The van der Waals surface area contributed by atoms with Gasteiger partial charge >= 0.3 is 6.18 Å². The summed E-state index contributed by atoms with van der Waals surface area (Å²) in [5, 5.41) is 3.53. The smallest absolute Gasteiger partial charge is 0.417 e. The first kappa shape index (κ1) is 28.0. The van der Waals surface area contributed by atoms with Crippen molar-refractivity contribution in [3.8, 4) is 5.88 Å². The van der Waals surface area contributed by atoms with Crippen LogP contribution < -0.4 is 15.8 Å². The second-order valence-electron chi connectivity index (χ2n) is 9.18. The molecule has 0 aliphatic carbocycles. The van der Waals surface area contributed by atoms with Crippen molar-refractivity contribution in [2.24, 2.45) is 5.73 Å². The van der Waals surface area contributed by atoms with Crippen molar-refractivity contribution in [3.63, 3.8) is 0 Å². The third-order valence-electron chi connectivity index (χ3n) is 5.90. The number of ether oxygens (including phenoxy) is 1. The lowest BCUT2D eigenvalue weighted by atomic mass is 9.85. The number of hydrogen-bond donors (Lipinski definition) is 2. The number of rotatable bonds is 9. The number of hydrogen-bond acceptors (Lipinski definition) is 4. The van der Waals surface area contributed by atoms with Crippen molar-refractivity contribution >= 4 is 23.4 Å². The maximum Gasteiger partial charge on any atom is 0.417 e. The number of pyridine rings is 1. The van der Waals surface area contributed by atoms with Crippen molar-refractivity contribution in [3.05, 3.63) is 94.1 Å². The fourth-order valence-electron chi connectivity index (χ4n) is 3.78. The van der Waals surface area contributed by atoms with Crippen LogP contribution in [0.2, 0.25) is 5.02 Å². The molecule has 2 aromatic carbocycles. The molecule has 3 N–H and O–H groups in total. The largest absolute Gasteiger partial charge is 0.462 e. The number of alkyl halides is 3. The Kier molecular flexibility index (Phi) is 8.48. The molecule has 1 heterocycles. The summed E-state index contributed by atoms with van der Waals surface area (Å²) in [4.78, 5) is 28.6. The number of carbonyl (C=O) groups excluding carboxylic acids is 2. The molecule has 6 nitrogen and oxygen atoms in total. The van der Waals surface area contributed by atoms with E-state index in [0.717, 1.165) is 23.3 Å². The van der Waals surface area contributed by atoms with Crippen LogP contribution in [-0.2, 0) is 17.4 Å². The molecule has 0 unspecified atom stereocenters. The summed E-state index contributed by atoms with van der Waals surface area (Å²) in [7, 11) is 0. The molecular weight excluding hydrogens is 507 g/mol. The van der Waals surface area contributed by atoms with Crippen LogP contribution in [0.15, 0.2) is 66.9 Å². The molecule has 3 aromatic rings. The average molecular weight is 534 g/mol. The van der Waals surface area contributed by atoms with E-state index in [1.54, 1.807) is 30.3 Å². The van der Waals surface area contributed by atoms with Crippen LogP contribution in [0, 0.1) is 0 Å². The molecule has 0 aliphatic heterocycles. The molecule has 0 fully saturated rings. The lowest BCUT2D eigenvalue weighted by Crippen LogP contribution is -2.51. The number of nitrogens with two attached hydrogens (primary N) is 1. The molecule has 10 heteroatoms. The second-order valence-corrected chi connectivity index (χ2v) is 9.62. The minimum absolute atomic E-state index is 0.118. The predicted octanol–water partition coefficient (Wildman–Crippen LogP) is 5.54. The molecular formula is C27H27ClF3N3O3. The van der Waals surface area contributed by atoms with Crippen LogP contribution in [0.4, 0.5) is 13.2 Å². The number of carbonyl (C=O) groups is 2. The van der Waals surface area contributed by atoms with E-state index in [9.17, 15) is 22.8 Å². The highest BCUT2D eigenvalue weighted by molar-refractivity contribution is 6.30. The maximum atomic E-state index is 13.2. The van der Waals surface area contributed by atoms with Crippen LogP contribution in [0.25, 0.3) is 0 Å². The van der Waals surface area contributed by atoms with Crippen molar-refractivity contribution < 1.29 is 27.5 Å². The van der Waals surface area contributed by atoms with E-state index in [0.29, 0.717) is 23.2 Å². The van der Waals surface area contributed by atoms with E-state index in [2.05, 4.69) is 10.3 Å². The molecule has 1 aromatic heterocycles. The molecule has 196 valence electrons. The molecule has 3 rings (SSSR count). The Morgan fingerprint density at radius 2 is 1.76 bits per heavy atom. The number of benzene rings is 2. The van der Waals surface area contributed by atoms with Crippen LogP contribution in [0.5, 0.6) is 5.88 Å². The summed E-state index contributed by atoms with van der Waals surface area (Å²) in [5.41, 5.74) is 5.20. The Balaban J connectivity index is 1.81. The Morgan fingerprint density at radius 3 is 2.32 bits per heavy atom. The lowest BCUT2D eigenvalue weighted by molar-refractivity contribution is -0.138. The number of amides is 2. The quantitative estimate of drug-likeness (QED) is 0.377. The number of halogens is 4. The average Bonchev–Trinajstić information content (AvgIpc) is 2.83. The van der Waals surface area contributed by atoms with Gasteiger partial charge in [0.25, 0.3) is 5.91 Å². The van der Waals surface area contributed by atoms with Gasteiger partial charge in [0.2, 0.25) is 11.8 Å². The highest BCUT2D eigenvalue weighted by Gasteiger charge is 2.34. The van der Waals surface area contributed by atoms with Gasteiger partial charge in [-0.25, -0.2) is 4.98 Å². The molecule has 0 radical (unpaired) electrons. The van der Waals surface area contributed by atoms with Gasteiger partial charge in [-0.1, -0.05) is 35.9 Å². The van der Waals surface area contributed by atoms with E-state index in [1.165, 1.54) is 13.8 Å². The van der Waals surface area contributed by atoms with Crippen molar-refractivity contribution in [1.82, 2.24) is 10.3 Å². The minimum Gasteiger partial charge on any atom is -0.462 e. The first-order valence-electron chi connectivity index (χ1n) is 11.4. The summed E-state index contributed by atoms with van der Waals surface area (Å²) in [6, 6.07) is 15.7. The molecule has 2 atom stereocenters. The van der Waals surface area contributed by atoms with E-state index in [4.69, 9.17) is 22.1 Å². The normalized spacial score (nSPS) is 13.5. The fraction of sp³-hybridized carbons (Fsp3) is 0.296. The first-order chi connectivity index (χ1) is 17.3. The summed E-state index contributed by atoms with van der Waals surface area (Å²) < 4.78 is 44.1. The van der Waals surface area contributed by atoms with Gasteiger partial charge in [-0.05, 0) is 68.7 Å². The lowest BCUT2D eigenvalue weighted by Gasteiger charge is -2.31. The van der Waals surface area contributed by atoms with E-state index < -0.39 is 35.2 Å². The molecule has 0 bridgehead atoms. The zero-order valence-corrected chi connectivity index (χ0v) is 21.2. The van der Waals surface area contributed by atoms with Gasteiger partial charge in [-0.15, -0.1) is 0 Å². The predicted molar refractivity (Wildman–Crippen MR) is 134 cm³/mol. The second kappa shape index (κ2) is 11.2. The third kappa shape index (κ3) is 7.45. The third-order valence-corrected chi connectivity index (χ3v) is 6.15. The monoisotopic (exact) mass is 533 g/mol. The molecule has 2 amide bonds. The highest BCUT2D eigenvalue weighted by atomic mass is 35.5. The summed E-state index contributed by atoms with van der Waals surface area (Å²) >= 11 is 6.02. The Morgan fingerprint density at radius 1 is 1.08 bits per heavy atom. The fourth-order valence-corrected chi connectivity index (χ4v) is 3.90. The van der Waals surface area contributed by atoms with Gasteiger partial charge in [0, 0.05) is 34.8 Å². The molecule has 0 aliphatic rings. The molecule has 0 spiro atoms. The zero-order valence-electron chi connectivity index (χ0n) is 20.5. The number of nitrogens with zero attached hydrogens (tertiary/aromatic N) is 1. The van der Waals surface area contributed by atoms with Crippen LogP contribution in [0.1, 0.15) is 53.7 Å². The van der Waals surface area contributed by atoms with Gasteiger partial charge in [-0.2, -0.15) is 13.2 Å². The van der Waals surface area contributed by atoms with Gasteiger partial charge in [0.05, 0.1) is 5.56 Å². The molecule has 0 saturated carbocycles. The number of aromatic nitrogens is 1.